The summed E-state index contributed by atoms with van der Waals surface area (Å²) in [6.07, 6.45) is 0.705. The molecule has 2 aromatic rings. The number of carboxylic acids is 2. The number of carbonyl (C=O) groups is 3. The van der Waals surface area contributed by atoms with Crippen molar-refractivity contribution in [2.75, 3.05) is 5.32 Å². The number of carbonyl (C=O) groups excluding carboxylic acids is 1. The molecule has 0 unspecified atom stereocenters. The lowest BCUT2D eigenvalue weighted by Gasteiger charge is -2.10. The van der Waals surface area contributed by atoms with Crippen LogP contribution in [0.2, 0.25) is 0 Å². The summed E-state index contributed by atoms with van der Waals surface area (Å²) in [5, 5.41) is 39.6. The highest BCUT2D eigenvalue weighted by molar-refractivity contribution is 6.08. The van der Waals surface area contributed by atoms with E-state index in [1.807, 2.05) is 0 Å². The van der Waals surface area contributed by atoms with Gasteiger partial charge in [-0.3, -0.25) is 9.59 Å². The van der Waals surface area contributed by atoms with Gasteiger partial charge in [0.25, 0.3) is 5.91 Å². The third kappa shape index (κ3) is 3.58. The molecule has 1 aromatic carbocycles. The van der Waals surface area contributed by atoms with Crippen molar-refractivity contribution >= 4 is 23.5 Å². The molecule has 9 nitrogen and oxygen atoms in total. The van der Waals surface area contributed by atoms with Gasteiger partial charge < -0.3 is 25.7 Å². The van der Waals surface area contributed by atoms with Crippen LogP contribution in [-0.4, -0.2) is 43.3 Å². The van der Waals surface area contributed by atoms with Gasteiger partial charge in [-0.2, -0.15) is 0 Å². The van der Waals surface area contributed by atoms with E-state index < -0.39 is 41.5 Å². The quantitative estimate of drug-likeness (QED) is 0.509. The van der Waals surface area contributed by atoms with Gasteiger partial charge in [0, 0.05) is 11.8 Å². The van der Waals surface area contributed by atoms with Crippen molar-refractivity contribution in [1.82, 2.24) is 4.98 Å². The number of benzene rings is 1. The van der Waals surface area contributed by atoms with Crippen molar-refractivity contribution in [2.45, 2.75) is 6.42 Å². The molecule has 1 aromatic heterocycles. The maximum Gasteiger partial charge on any atom is 0.356 e. The van der Waals surface area contributed by atoms with Crippen LogP contribution in [0, 0.1) is 0 Å². The van der Waals surface area contributed by atoms with E-state index in [1.165, 1.54) is 18.3 Å². The molecule has 0 atom stereocenters. The molecule has 9 heteroatoms. The Morgan fingerprint density at radius 3 is 2.42 bits per heavy atom. The molecule has 0 aliphatic carbocycles. The van der Waals surface area contributed by atoms with Crippen LogP contribution in [0.4, 0.5) is 5.69 Å². The minimum absolute atomic E-state index is 0.0656. The van der Waals surface area contributed by atoms with E-state index in [-0.39, 0.29) is 16.8 Å². The van der Waals surface area contributed by atoms with E-state index in [2.05, 4.69) is 10.3 Å². The molecule has 24 heavy (non-hydrogen) atoms. The van der Waals surface area contributed by atoms with Gasteiger partial charge in [0.05, 0.1) is 17.7 Å². The van der Waals surface area contributed by atoms with Crippen LogP contribution >= 0.6 is 0 Å². The second-order valence-corrected chi connectivity index (χ2v) is 4.73. The van der Waals surface area contributed by atoms with Crippen LogP contribution in [0.3, 0.4) is 0 Å². The van der Waals surface area contributed by atoms with Crippen LogP contribution in [0.5, 0.6) is 11.5 Å². The number of aromatic hydroxyl groups is 2. The van der Waals surface area contributed by atoms with Crippen molar-refractivity contribution in [3.8, 4) is 11.5 Å². The number of amides is 1. The molecule has 0 aliphatic rings. The lowest BCUT2D eigenvalue weighted by atomic mass is 10.1. The Balaban J connectivity index is 2.33. The van der Waals surface area contributed by atoms with Crippen molar-refractivity contribution in [3.05, 3.63) is 47.3 Å². The van der Waals surface area contributed by atoms with Gasteiger partial charge in [-0.25, -0.2) is 9.78 Å². The smallest absolute Gasteiger partial charge is 0.356 e. The highest BCUT2D eigenvalue weighted by Gasteiger charge is 2.19. The number of nitrogens with zero attached hydrogens (tertiary/aromatic N) is 1. The molecular formula is C15H12N2O7. The Morgan fingerprint density at radius 2 is 1.79 bits per heavy atom. The maximum absolute atomic E-state index is 12.2. The van der Waals surface area contributed by atoms with Crippen LogP contribution in [0.15, 0.2) is 30.5 Å². The third-order valence-electron chi connectivity index (χ3n) is 3.04. The van der Waals surface area contributed by atoms with Crippen LogP contribution in [-0.2, 0) is 11.2 Å². The summed E-state index contributed by atoms with van der Waals surface area (Å²) in [6, 6.07) is 4.58. The van der Waals surface area contributed by atoms with Gasteiger partial charge in [-0.15, -0.1) is 0 Å². The van der Waals surface area contributed by atoms with Gasteiger partial charge in [-0.1, -0.05) is 0 Å². The summed E-state index contributed by atoms with van der Waals surface area (Å²) >= 11 is 0. The summed E-state index contributed by atoms with van der Waals surface area (Å²) in [5.74, 6) is -4.49. The van der Waals surface area contributed by atoms with E-state index in [9.17, 15) is 24.6 Å². The number of aliphatic carboxylic acids is 1. The van der Waals surface area contributed by atoms with Gasteiger partial charge >= 0.3 is 11.9 Å². The molecule has 1 amide bonds. The van der Waals surface area contributed by atoms with Crippen LogP contribution in [0.1, 0.15) is 26.4 Å². The molecule has 0 spiro atoms. The molecule has 0 aliphatic heterocycles. The van der Waals surface area contributed by atoms with Crippen LogP contribution < -0.4 is 5.32 Å². The monoisotopic (exact) mass is 332 g/mol. The third-order valence-corrected chi connectivity index (χ3v) is 3.04. The molecule has 2 rings (SSSR count). The molecule has 124 valence electrons. The van der Waals surface area contributed by atoms with Crippen molar-refractivity contribution < 1.29 is 34.8 Å². The highest BCUT2D eigenvalue weighted by atomic mass is 16.4. The zero-order chi connectivity index (χ0) is 17.9. The SMILES string of the molecule is O=C(O)Cc1cc(O)c(C(=O)Nc2cccnc2C(=O)O)cc1O. The Hall–Kier alpha value is -3.62. The first-order chi connectivity index (χ1) is 11.3. The first-order valence-corrected chi connectivity index (χ1v) is 6.56. The molecule has 0 fully saturated rings. The maximum atomic E-state index is 12.2. The average molecular weight is 332 g/mol. The number of anilines is 1. The topological polar surface area (TPSA) is 157 Å². The fraction of sp³-hybridized carbons (Fsp3) is 0.0667. The number of carboxylic acid groups (broad SMARTS) is 2. The molecule has 0 saturated heterocycles. The van der Waals surface area contributed by atoms with Crippen molar-refractivity contribution in [1.29, 1.82) is 0 Å². The van der Waals surface area contributed by atoms with E-state index in [0.29, 0.717) is 0 Å². The lowest BCUT2D eigenvalue weighted by Crippen LogP contribution is -2.16. The van der Waals surface area contributed by atoms with E-state index >= 15 is 0 Å². The molecular weight excluding hydrogens is 320 g/mol. The Morgan fingerprint density at radius 1 is 1.08 bits per heavy atom. The minimum atomic E-state index is -1.35. The first kappa shape index (κ1) is 16.7. The van der Waals surface area contributed by atoms with E-state index in [0.717, 1.165) is 12.1 Å². The molecule has 1 heterocycles. The molecule has 0 bridgehead atoms. The predicted molar refractivity (Wildman–Crippen MR) is 80.3 cm³/mol. The summed E-state index contributed by atoms with van der Waals surface area (Å²) < 4.78 is 0. The lowest BCUT2D eigenvalue weighted by molar-refractivity contribution is -0.136. The average Bonchev–Trinajstić information content (AvgIpc) is 2.50. The van der Waals surface area contributed by atoms with Gasteiger partial charge in [-0.05, 0) is 24.3 Å². The number of pyridine rings is 1. The fourth-order valence-electron chi connectivity index (χ4n) is 1.97. The number of aromatic nitrogens is 1. The number of nitrogens with one attached hydrogen (secondary N) is 1. The summed E-state index contributed by atoms with van der Waals surface area (Å²) in [4.78, 5) is 37.5. The van der Waals surface area contributed by atoms with Crippen molar-refractivity contribution in [2.24, 2.45) is 0 Å². The Labute approximate surface area is 134 Å². The molecule has 5 N–H and O–H groups in total. The first-order valence-electron chi connectivity index (χ1n) is 6.56. The second-order valence-electron chi connectivity index (χ2n) is 4.73. The predicted octanol–water partition coefficient (Wildman–Crippen LogP) is 1.07. The van der Waals surface area contributed by atoms with Crippen molar-refractivity contribution in [3.63, 3.8) is 0 Å². The van der Waals surface area contributed by atoms with Crippen LogP contribution in [0.25, 0.3) is 0 Å². The number of hydrogen-bond donors (Lipinski definition) is 5. The number of aromatic carboxylic acids is 1. The van der Waals surface area contributed by atoms with E-state index in [1.54, 1.807) is 0 Å². The summed E-state index contributed by atoms with van der Waals surface area (Å²) in [7, 11) is 0. The number of hydrogen-bond acceptors (Lipinski definition) is 6. The number of rotatable bonds is 5. The molecule has 0 radical (unpaired) electrons. The highest BCUT2D eigenvalue weighted by Crippen LogP contribution is 2.28. The molecule has 0 saturated carbocycles. The van der Waals surface area contributed by atoms with E-state index in [4.69, 9.17) is 10.2 Å². The van der Waals surface area contributed by atoms with Gasteiger partial charge in [0.15, 0.2) is 5.69 Å². The van der Waals surface area contributed by atoms with Gasteiger partial charge in [0.1, 0.15) is 11.5 Å². The second kappa shape index (κ2) is 6.65. The Kier molecular flexibility index (Phi) is 4.64. The summed E-state index contributed by atoms with van der Waals surface area (Å²) in [5.41, 5.74) is -0.897. The Bertz CT molecular complexity index is 833. The zero-order valence-corrected chi connectivity index (χ0v) is 12.1. The van der Waals surface area contributed by atoms with Gasteiger partial charge in [0.2, 0.25) is 0 Å². The standard InChI is InChI=1S/C15H12N2O7/c18-10-6-8(11(19)4-7(10)5-12(20)21)14(22)17-9-2-1-3-16-13(9)15(23)24/h1-4,6,18-19H,5H2,(H,17,22)(H,20,21)(H,23,24). The fourth-order valence-corrected chi connectivity index (χ4v) is 1.97. The summed E-state index contributed by atoms with van der Waals surface area (Å²) in [6.45, 7) is 0. The minimum Gasteiger partial charge on any atom is -0.508 e. The normalized spacial score (nSPS) is 10.2. The zero-order valence-electron chi connectivity index (χ0n) is 12.1. The number of phenolic OH excluding ortho intramolecular Hbond substituents is 2. The largest absolute Gasteiger partial charge is 0.508 e. The number of phenols is 2.